The third-order valence-electron chi connectivity index (χ3n) is 7.09. The van der Waals surface area contributed by atoms with Crippen molar-refractivity contribution in [3.63, 3.8) is 0 Å². The molecule has 3 aromatic carbocycles. The predicted octanol–water partition coefficient (Wildman–Crippen LogP) is 7.35. The van der Waals surface area contributed by atoms with Crippen LogP contribution in [-0.4, -0.2) is 33.9 Å². The molecular formula is C32H34F3N3O3. The van der Waals surface area contributed by atoms with Crippen LogP contribution in [-0.2, 0) is 17.4 Å². The van der Waals surface area contributed by atoms with E-state index < -0.39 is 33.2 Å². The maximum absolute atomic E-state index is 14.6. The zero-order valence-electron chi connectivity index (χ0n) is 24.1. The summed E-state index contributed by atoms with van der Waals surface area (Å²) in [5.74, 6) is -1.83. The summed E-state index contributed by atoms with van der Waals surface area (Å²) in [5.41, 5.74) is 1.03. The number of hydrogen-bond donors (Lipinski definition) is 1. The SMILES string of the molecule is CC(C)(C)c1cc(/C(=C(\C2=NCCN2Cc2ccc(F)cc2F)[N+](=O)[O-])c2ccc(F)cc2)cc(C(C)(C)C)c1O. The van der Waals surface area contributed by atoms with Crippen molar-refractivity contribution in [2.24, 2.45) is 4.99 Å². The van der Waals surface area contributed by atoms with Gasteiger partial charge in [-0.3, -0.25) is 15.1 Å². The molecule has 0 atom stereocenters. The van der Waals surface area contributed by atoms with Crippen molar-refractivity contribution in [3.8, 4) is 5.75 Å². The van der Waals surface area contributed by atoms with Crippen molar-refractivity contribution < 1.29 is 23.2 Å². The highest BCUT2D eigenvalue weighted by Crippen LogP contribution is 2.43. The highest BCUT2D eigenvalue weighted by molar-refractivity contribution is 6.06. The Morgan fingerprint density at radius 2 is 1.46 bits per heavy atom. The Morgan fingerprint density at radius 3 is 1.98 bits per heavy atom. The molecule has 0 aliphatic carbocycles. The number of rotatable bonds is 6. The van der Waals surface area contributed by atoms with Gasteiger partial charge >= 0.3 is 5.70 Å². The molecule has 0 aromatic heterocycles. The van der Waals surface area contributed by atoms with Gasteiger partial charge in [-0.25, -0.2) is 13.2 Å². The molecule has 1 aliphatic heterocycles. The Bertz CT molecular complexity index is 1510. The molecule has 1 aliphatic rings. The summed E-state index contributed by atoms with van der Waals surface area (Å²) in [4.78, 5) is 18.4. The lowest BCUT2D eigenvalue weighted by Gasteiger charge is -2.29. The molecule has 41 heavy (non-hydrogen) atoms. The van der Waals surface area contributed by atoms with Crippen LogP contribution in [0.15, 0.2) is 65.3 Å². The van der Waals surface area contributed by atoms with Crippen molar-refractivity contribution in [2.75, 3.05) is 13.1 Å². The number of phenols is 1. The smallest absolute Gasteiger partial charge is 0.319 e. The van der Waals surface area contributed by atoms with Crippen molar-refractivity contribution in [1.29, 1.82) is 0 Å². The van der Waals surface area contributed by atoms with Gasteiger partial charge in [-0.1, -0.05) is 59.7 Å². The number of aliphatic imine (C=N–C) groups is 1. The summed E-state index contributed by atoms with van der Waals surface area (Å²) in [6.07, 6.45) is 0. The first kappa shape index (κ1) is 29.8. The van der Waals surface area contributed by atoms with Gasteiger partial charge < -0.3 is 10.0 Å². The van der Waals surface area contributed by atoms with Crippen LogP contribution in [0.3, 0.4) is 0 Å². The third kappa shape index (κ3) is 6.29. The average molecular weight is 566 g/mol. The first-order chi connectivity index (χ1) is 19.1. The van der Waals surface area contributed by atoms with Crippen LogP contribution >= 0.6 is 0 Å². The average Bonchev–Trinajstić information content (AvgIpc) is 3.31. The van der Waals surface area contributed by atoms with Gasteiger partial charge in [0.15, 0.2) is 0 Å². The predicted molar refractivity (Wildman–Crippen MR) is 154 cm³/mol. The van der Waals surface area contributed by atoms with Gasteiger partial charge in [0.25, 0.3) is 0 Å². The second-order valence-corrected chi connectivity index (χ2v) is 12.3. The first-order valence-corrected chi connectivity index (χ1v) is 13.3. The second kappa shape index (κ2) is 11.0. The van der Waals surface area contributed by atoms with Crippen LogP contribution in [0.5, 0.6) is 5.75 Å². The molecule has 1 heterocycles. The lowest BCUT2D eigenvalue weighted by Crippen LogP contribution is -2.32. The molecule has 0 amide bonds. The molecule has 3 aromatic rings. The molecule has 0 saturated heterocycles. The van der Waals surface area contributed by atoms with Crippen LogP contribution < -0.4 is 0 Å². The van der Waals surface area contributed by atoms with E-state index in [-0.39, 0.29) is 48.1 Å². The Balaban J connectivity index is 2.02. The van der Waals surface area contributed by atoms with Gasteiger partial charge in [-0.05, 0) is 52.3 Å². The highest BCUT2D eigenvalue weighted by Gasteiger charge is 2.36. The molecule has 0 unspecified atom stereocenters. The number of nitrogens with zero attached hydrogens (tertiary/aromatic N) is 3. The topological polar surface area (TPSA) is 79.0 Å². The number of benzene rings is 3. The molecule has 9 heteroatoms. The normalized spacial score (nSPS) is 14.7. The first-order valence-electron chi connectivity index (χ1n) is 13.3. The number of nitro groups is 1. The molecule has 0 radical (unpaired) electrons. The fourth-order valence-electron chi connectivity index (χ4n) is 4.98. The van der Waals surface area contributed by atoms with E-state index in [1.165, 1.54) is 30.3 Å². The molecular weight excluding hydrogens is 531 g/mol. The van der Waals surface area contributed by atoms with E-state index in [0.29, 0.717) is 22.3 Å². The summed E-state index contributed by atoms with van der Waals surface area (Å²) < 4.78 is 42.1. The summed E-state index contributed by atoms with van der Waals surface area (Å²) in [7, 11) is 0. The van der Waals surface area contributed by atoms with E-state index in [9.17, 15) is 28.4 Å². The van der Waals surface area contributed by atoms with Crippen molar-refractivity contribution in [3.05, 3.63) is 116 Å². The Morgan fingerprint density at radius 1 is 0.902 bits per heavy atom. The minimum absolute atomic E-state index is 0.0424. The largest absolute Gasteiger partial charge is 0.507 e. The molecule has 6 nitrogen and oxygen atoms in total. The lowest BCUT2D eigenvalue weighted by molar-refractivity contribution is -0.414. The maximum atomic E-state index is 14.6. The highest BCUT2D eigenvalue weighted by atomic mass is 19.1. The second-order valence-electron chi connectivity index (χ2n) is 12.3. The zero-order chi connectivity index (χ0) is 30.3. The van der Waals surface area contributed by atoms with Gasteiger partial charge in [-0.2, -0.15) is 0 Å². The van der Waals surface area contributed by atoms with Crippen molar-refractivity contribution in [1.82, 2.24) is 4.90 Å². The fraction of sp³-hybridized carbons (Fsp3) is 0.344. The lowest BCUT2D eigenvalue weighted by atomic mass is 9.77. The number of amidine groups is 1. The van der Waals surface area contributed by atoms with Crippen LogP contribution in [0.2, 0.25) is 0 Å². The van der Waals surface area contributed by atoms with E-state index in [2.05, 4.69) is 4.99 Å². The third-order valence-corrected chi connectivity index (χ3v) is 7.09. The quantitative estimate of drug-likeness (QED) is 0.250. The summed E-state index contributed by atoms with van der Waals surface area (Å²) in [6, 6.07) is 12.1. The van der Waals surface area contributed by atoms with Gasteiger partial charge in [0.2, 0.25) is 5.84 Å². The molecule has 4 rings (SSSR count). The van der Waals surface area contributed by atoms with Gasteiger partial charge in [0.05, 0.1) is 17.0 Å². The van der Waals surface area contributed by atoms with Crippen molar-refractivity contribution >= 4 is 11.4 Å². The molecule has 0 bridgehead atoms. The number of phenolic OH excluding ortho intramolecular Hbond substituents is 1. The molecule has 0 fully saturated rings. The summed E-state index contributed by atoms with van der Waals surface area (Å²) in [5, 5.41) is 24.2. The van der Waals surface area contributed by atoms with E-state index in [4.69, 9.17) is 0 Å². The monoisotopic (exact) mass is 565 g/mol. The number of aromatic hydroxyl groups is 1. The van der Waals surface area contributed by atoms with Gasteiger partial charge in [0.1, 0.15) is 23.2 Å². The Hall–Kier alpha value is -4.14. The Labute approximate surface area is 238 Å². The molecule has 0 saturated carbocycles. The minimum atomic E-state index is -0.759. The zero-order valence-corrected chi connectivity index (χ0v) is 24.1. The minimum Gasteiger partial charge on any atom is -0.507 e. The van der Waals surface area contributed by atoms with E-state index in [1.807, 2.05) is 41.5 Å². The Kier molecular flexibility index (Phi) is 8.02. The molecule has 1 N–H and O–H groups in total. The van der Waals surface area contributed by atoms with Crippen LogP contribution in [0.25, 0.3) is 5.57 Å². The standard InChI is InChI=1S/C32H34F3N3O3/c1-31(2,3)24-15-21(16-25(29(24)39)32(4,5)6)27(19-7-10-22(33)11-8-19)28(38(40)41)30-36-13-14-37(30)18-20-9-12-23(34)17-26(20)35/h7-12,15-17,39H,13-14,18H2,1-6H3/b28-27+. The summed E-state index contributed by atoms with van der Waals surface area (Å²) >= 11 is 0. The summed E-state index contributed by atoms with van der Waals surface area (Å²) in [6.45, 7) is 12.1. The van der Waals surface area contributed by atoms with E-state index >= 15 is 0 Å². The fourth-order valence-corrected chi connectivity index (χ4v) is 4.98. The van der Waals surface area contributed by atoms with Gasteiger partial charge in [-0.15, -0.1) is 0 Å². The van der Waals surface area contributed by atoms with E-state index in [1.54, 1.807) is 17.0 Å². The van der Waals surface area contributed by atoms with Crippen LogP contribution in [0, 0.1) is 27.6 Å². The van der Waals surface area contributed by atoms with Crippen LogP contribution in [0.4, 0.5) is 13.2 Å². The molecule has 216 valence electrons. The molecule has 0 spiro atoms. The number of hydrogen-bond acceptors (Lipinski definition) is 5. The maximum Gasteiger partial charge on any atom is 0.319 e. The number of halogens is 3. The van der Waals surface area contributed by atoms with Crippen LogP contribution in [0.1, 0.15) is 69.4 Å². The van der Waals surface area contributed by atoms with E-state index in [0.717, 1.165) is 12.1 Å². The van der Waals surface area contributed by atoms with Gasteiger partial charge in [0, 0.05) is 35.8 Å². The van der Waals surface area contributed by atoms with Crippen molar-refractivity contribution in [2.45, 2.75) is 58.9 Å².